The van der Waals surface area contributed by atoms with Crippen LogP contribution in [0.15, 0.2) is 41.0 Å². The van der Waals surface area contributed by atoms with Crippen molar-refractivity contribution in [2.75, 3.05) is 0 Å². The minimum atomic E-state index is -0.791. The topological polar surface area (TPSA) is 84.2 Å². The zero-order valence-corrected chi connectivity index (χ0v) is 13.9. The van der Waals surface area contributed by atoms with Crippen LogP contribution in [0.25, 0.3) is 5.69 Å². The maximum atomic E-state index is 12.2. The van der Waals surface area contributed by atoms with Crippen LogP contribution in [-0.2, 0) is 4.79 Å². The Labute approximate surface area is 141 Å². The molecule has 0 saturated heterocycles. The molecule has 0 spiro atoms. The van der Waals surface area contributed by atoms with E-state index in [0.29, 0.717) is 25.0 Å². The predicted octanol–water partition coefficient (Wildman–Crippen LogP) is 2.62. The van der Waals surface area contributed by atoms with Gasteiger partial charge in [0, 0.05) is 16.7 Å². The number of rotatable bonds is 4. The molecule has 1 fully saturated rings. The summed E-state index contributed by atoms with van der Waals surface area (Å²) >= 11 is 3.40. The van der Waals surface area contributed by atoms with E-state index in [4.69, 9.17) is 5.11 Å². The fraction of sp³-hybridized carbons (Fsp3) is 0.312. The van der Waals surface area contributed by atoms with Gasteiger partial charge in [-0.3, -0.25) is 9.59 Å². The van der Waals surface area contributed by atoms with Crippen molar-refractivity contribution in [1.29, 1.82) is 0 Å². The second-order valence-corrected chi connectivity index (χ2v) is 6.56. The van der Waals surface area contributed by atoms with Gasteiger partial charge in [-0.2, -0.15) is 5.10 Å². The first-order valence-electron chi connectivity index (χ1n) is 7.38. The molecular formula is C16H16BrN3O3. The van der Waals surface area contributed by atoms with Crippen LogP contribution < -0.4 is 5.32 Å². The van der Waals surface area contributed by atoms with Crippen molar-refractivity contribution in [3.8, 4) is 5.69 Å². The van der Waals surface area contributed by atoms with Crippen LogP contribution >= 0.6 is 15.9 Å². The molecule has 1 saturated carbocycles. The Morgan fingerprint density at radius 1 is 1.30 bits per heavy atom. The molecule has 0 aliphatic heterocycles. The number of aromatic nitrogens is 2. The highest BCUT2D eigenvalue weighted by Gasteiger charge is 2.30. The van der Waals surface area contributed by atoms with Crippen LogP contribution in [0.4, 0.5) is 0 Å². The molecule has 1 heterocycles. The van der Waals surface area contributed by atoms with Crippen molar-refractivity contribution in [3.05, 3.63) is 46.7 Å². The summed E-state index contributed by atoms with van der Waals surface area (Å²) in [5, 5.41) is 16.2. The third-order valence-electron chi connectivity index (χ3n) is 4.01. The molecule has 0 radical (unpaired) electrons. The van der Waals surface area contributed by atoms with Gasteiger partial charge in [0.1, 0.15) is 0 Å². The molecule has 23 heavy (non-hydrogen) atoms. The molecule has 2 N–H and O–H groups in total. The molecule has 1 aromatic heterocycles. The molecular weight excluding hydrogens is 362 g/mol. The van der Waals surface area contributed by atoms with E-state index in [1.807, 2.05) is 24.3 Å². The third kappa shape index (κ3) is 3.61. The standard InChI is InChI=1S/C16H16BrN3O3/c17-11-2-1-3-13(9-11)20-7-6-14(19-20)15(21)18-12-5-4-10(8-12)16(22)23/h1-3,6-7,9-10,12H,4-5,8H2,(H,18,21)(H,22,23)/t10-,12+/m0/s1. The van der Waals surface area contributed by atoms with Gasteiger partial charge in [0.2, 0.25) is 0 Å². The Bertz CT molecular complexity index is 744. The van der Waals surface area contributed by atoms with Crippen molar-refractivity contribution in [2.24, 2.45) is 5.92 Å². The smallest absolute Gasteiger partial charge is 0.306 e. The molecule has 1 aliphatic rings. The number of halogens is 1. The number of nitrogens with one attached hydrogen (secondary N) is 1. The minimum absolute atomic E-state index is 0.0976. The Morgan fingerprint density at radius 2 is 2.13 bits per heavy atom. The van der Waals surface area contributed by atoms with Gasteiger partial charge in [-0.05, 0) is 43.5 Å². The number of carbonyl (C=O) groups excluding carboxylic acids is 1. The summed E-state index contributed by atoms with van der Waals surface area (Å²) in [6.45, 7) is 0. The maximum absolute atomic E-state index is 12.2. The van der Waals surface area contributed by atoms with E-state index in [1.165, 1.54) is 0 Å². The second-order valence-electron chi connectivity index (χ2n) is 5.64. The highest BCUT2D eigenvalue weighted by Crippen LogP contribution is 2.25. The first-order chi connectivity index (χ1) is 11.0. The Balaban J connectivity index is 1.66. The van der Waals surface area contributed by atoms with Crippen LogP contribution in [0, 0.1) is 5.92 Å². The van der Waals surface area contributed by atoms with E-state index in [-0.39, 0.29) is 17.9 Å². The number of hydrogen-bond acceptors (Lipinski definition) is 3. The number of carboxylic acids is 1. The van der Waals surface area contributed by atoms with Crippen molar-refractivity contribution in [2.45, 2.75) is 25.3 Å². The number of amides is 1. The number of carbonyl (C=O) groups is 2. The maximum Gasteiger partial charge on any atom is 0.306 e. The lowest BCUT2D eigenvalue weighted by Crippen LogP contribution is -2.33. The quantitative estimate of drug-likeness (QED) is 0.857. The van der Waals surface area contributed by atoms with Crippen molar-refractivity contribution in [1.82, 2.24) is 15.1 Å². The second kappa shape index (κ2) is 6.54. The van der Waals surface area contributed by atoms with E-state index in [1.54, 1.807) is 16.9 Å². The average molecular weight is 378 g/mol. The van der Waals surface area contributed by atoms with Crippen molar-refractivity contribution >= 4 is 27.8 Å². The molecule has 120 valence electrons. The van der Waals surface area contributed by atoms with Gasteiger partial charge in [-0.25, -0.2) is 4.68 Å². The molecule has 0 bridgehead atoms. The van der Waals surface area contributed by atoms with Gasteiger partial charge in [-0.1, -0.05) is 22.0 Å². The number of benzene rings is 1. The van der Waals surface area contributed by atoms with Crippen molar-refractivity contribution < 1.29 is 14.7 Å². The van der Waals surface area contributed by atoms with Crippen LogP contribution in [0.5, 0.6) is 0 Å². The molecule has 1 aromatic carbocycles. The Morgan fingerprint density at radius 3 is 2.83 bits per heavy atom. The zero-order valence-electron chi connectivity index (χ0n) is 12.3. The number of nitrogens with zero attached hydrogens (tertiary/aromatic N) is 2. The van der Waals surface area contributed by atoms with Gasteiger partial charge < -0.3 is 10.4 Å². The van der Waals surface area contributed by atoms with Gasteiger partial charge in [0.25, 0.3) is 5.91 Å². The fourth-order valence-corrected chi connectivity index (χ4v) is 3.19. The highest BCUT2D eigenvalue weighted by atomic mass is 79.9. The van der Waals surface area contributed by atoms with Crippen LogP contribution in [0.3, 0.4) is 0 Å². The molecule has 1 aliphatic carbocycles. The molecule has 3 rings (SSSR count). The number of carboxylic acid groups (broad SMARTS) is 1. The largest absolute Gasteiger partial charge is 0.481 e. The molecule has 7 heteroatoms. The lowest BCUT2D eigenvalue weighted by molar-refractivity contribution is -0.141. The lowest BCUT2D eigenvalue weighted by Gasteiger charge is -2.11. The van der Waals surface area contributed by atoms with Gasteiger partial charge in [-0.15, -0.1) is 0 Å². The summed E-state index contributed by atoms with van der Waals surface area (Å²) in [5.41, 5.74) is 1.17. The van der Waals surface area contributed by atoms with E-state index >= 15 is 0 Å². The average Bonchev–Trinajstić information content (AvgIpc) is 3.16. The first kappa shape index (κ1) is 15.7. The zero-order chi connectivity index (χ0) is 16.4. The summed E-state index contributed by atoms with van der Waals surface area (Å²) in [4.78, 5) is 23.2. The van der Waals surface area contributed by atoms with E-state index < -0.39 is 5.97 Å². The third-order valence-corrected chi connectivity index (χ3v) is 4.50. The summed E-state index contributed by atoms with van der Waals surface area (Å²) in [6, 6.07) is 9.17. The van der Waals surface area contributed by atoms with Crippen LogP contribution in [0.1, 0.15) is 29.8 Å². The minimum Gasteiger partial charge on any atom is -0.481 e. The molecule has 1 amide bonds. The summed E-state index contributed by atoms with van der Waals surface area (Å²) in [6.07, 6.45) is 3.50. The predicted molar refractivity (Wildman–Crippen MR) is 87.5 cm³/mol. The summed E-state index contributed by atoms with van der Waals surface area (Å²) < 4.78 is 2.57. The molecule has 6 nitrogen and oxygen atoms in total. The normalized spacial score (nSPS) is 20.4. The van der Waals surface area contributed by atoms with E-state index in [9.17, 15) is 9.59 Å². The molecule has 2 atom stereocenters. The Kier molecular flexibility index (Phi) is 4.47. The summed E-state index contributed by atoms with van der Waals surface area (Å²) in [7, 11) is 0. The van der Waals surface area contributed by atoms with E-state index in [2.05, 4.69) is 26.3 Å². The lowest BCUT2D eigenvalue weighted by atomic mass is 10.1. The fourth-order valence-electron chi connectivity index (χ4n) is 2.80. The van der Waals surface area contributed by atoms with E-state index in [0.717, 1.165) is 10.2 Å². The first-order valence-corrected chi connectivity index (χ1v) is 8.17. The Hall–Kier alpha value is -2.15. The van der Waals surface area contributed by atoms with Crippen molar-refractivity contribution in [3.63, 3.8) is 0 Å². The molecule has 2 aromatic rings. The van der Waals surface area contributed by atoms with Crippen LogP contribution in [-0.4, -0.2) is 32.8 Å². The monoisotopic (exact) mass is 377 g/mol. The summed E-state index contributed by atoms with van der Waals surface area (Å²) in [5.74, 6) is -1.42. The van der Waals surface area contributed by atoms with Gasteiger partial charge in [0.05, 0.1) is 11.6 Å². The number of aliphatic carboxylic acids is 1. The molecule has 0 unspecified atom stereocenters. The van der Waals surface area contributed by atoms with Gasteiger partial charge >= 0.3 is 5.97 Å². The highest BCUT2D eigenvalue weighted by molar-refractivity contribution is 9.10. The van der Waals surface area contributed by atoms with Gasteiger partial charge in [0.15, 0.2) is 5.69 Å². The number of hydrogen-bond donors (Lipinski definition) is 2. The SMILES string of the molecule is O=C(N[C@@H]1CC[C@H](C(=O)O)C1)c1ccn(-c2cccc(Br)c2)n1. The van der Waals surface area contributed by atoms with Crippen LogP contribution in [0.2, 0.25) is 0 Å².